The molecule has 0 bridgehead atoms. The van der Waals surface area contributed by atoms with Crippen LogP contribution in [0.25, 0.3) is 16.2 Å². The molecule has 0 aliphatic carbocycles. The van der Waals surface area contributed by atoms with Gasteiger partial charge in [-0.3, -0.25) is 0 Å². The summed E-state index contributed by atoms with van der Waals surface area (Å²) in [5, 5.41) is 27.2. The van der Waals surface area contributed by atoms with Gasteiger partial charge in [0.15, 0.2) is 0 Å². The van der Waals surface area contributed by atoms with Crippen molar-refractivity contribution < 1.29 is 98.1 Å². The van der Waals surface area contributed by atoms with Crippen LogP contribution in [0.2, 0.25) is 0 Å². The van der Waals surface area contributed by atoms with Crippen LogP contribution in [0.3, 0.4) is 0 Å². The molecule has 0 spiro atoms. The number of hydrogen-bond donors (Lipinski definition) is 3. The number of aryl methyl sites for hydroxylation is 2. The summed E-state index contributed by atoms with van der Waals surface area (Å²) in [6.07, 6.45) is 8.65. The first-order valence-electron chi connectivity index (χ1n) is 10.3. The second-order valence-electron chi connectivity index (χ2n) is 7.89. The SMILES string of the molecule is CC(=[N-])n1[c-]c(C)c(C)c1N.CC(=[N-])n1[c-]c(N)c(C)c1C.Cc1[c-]n(C(=[N-])N)c(C)c1C.[Y].[Y].[Y]. The third kappa shape index (κ3) is 10.0. The Morgan fingerprint density at radius 2 is 1.00 bits per heavy atom. The number of nitrogens with zero attached hydrogens (tertiary/aromatic N) is 6. The van der Waals surface area contributed by atoms with Crippen LogP contribution in [-0.4, -0.2) is 31.3 Å². The van der Waals surface area contributed by atoms with E-state index in [4.69, 9.17) is 33.4 Å². The van der Waals surface area contributed by atoms with Gasteiger partial charge in [-0.1, -0.05) is 74.0 Å². The fourth-order valence-corrected chi connectivity index (χ4v) is 2.90. The summed E-state index contributed by atoms with van der Waals surface area (Å²) in [5.74, 6) is 0.683. The van der Waals surface area contributed by atoms with Gasteiger partial charge in [-0.25, -0.2) is 0 Å². The van der Waals surface area contributed by atoms with E-state index in [1.54, 1.807) is 18.4 Å². The minimum atomic E-state index is -0.223. The molecule has 0 aliphatic rings. The second-order valence-corrected chi connectivity index (χ2v) is 7.89. The average molecular weight is 714 g/mol. The van der Waals surface area contributed by atoms with E-state index in [1.165, 1.54) is 9.13 Å². The normalized spacial score (nSPS) is 9.25. The smallest absolute Gasteiger partial charge is 0 e. The summed E-state index contributed by atoms with van der Waals surface area (Å²) in [5.41, 5.74) is 23.9. The number of aromatic nitrogens is 3. The van der Waals surface area contributed by atoms with Crippen molar-refractivity contribution in [3.8, 4) is 0 Å². The Hall–Kier alpha value is -0.438. The molecule has 12 heteroatoms. The Balaban J connectivity index is -0.000000436. The molecule has 0 amide bonds. The predicted octanol–water partition coefficient (Wildman–Crippen LogP) is 3.58. The maximum absolute atomic E-state index is 9.14. The van der Waals surface area contributed by atoms with Crippen LogP contribution < -0.4 is 17.2 Å². The van der Waals surface area contributed by atoms with Gasteiger partial charge >= 0.3 is 0 Å². The maximum atomic E-state index is 9.14. The van der Waals surface area contributed by atoms with Gasteiger partial charge in [0.2, 0.25) is 0 Å². The van der Waals surface area contributed by atoms with E-state index in [0.29, 0.717) is 11.5 Å². The van der Waals surface area contributed by atoms with Crippen molar-refractivity contribution in [2.45, 2.75) is 62.3 Å². The number of hydrogen-bond acceptors (Lipinski definition) is 2. The van der Waals surface area contributed by atoms with E-state index in [0.717, 1.165) is 39.2 Å². The molecule has 3 aromatic heterocycles. The van der Waals surface area contributed by atoms with Crippen LogP contribution in [0, 0.1) is 67.1 Å². The largest absolute Gasteiger partial charge is 0.550 e. The minimum Gasteiger partial charge on any atom is -0.550 e. The van der Waals surface area contributed by atoms with E-state index < -0.39 is 0 Å². The van der Waals surface area contributed by atoms with Gasteiger partial charge in [0.05, 0.1) is 0 Å². The number of anilines is 2. The molecule has 189 valence electrons. The average Bonchev–Trinajstić information content (AvgIpc) is 3.26. The molecule has 3 heterocycles. The van der Waals surface area contributed by atoms with Gasteiger partial charge in [0.1, 0.15) is 0 Å². The first kappa shape index (κ1) is 40.1. The zero-order chi connectivity index (χ0) is 25.8. The van der Waals surface area contributed by atoms with Crippen LogP contribution in [0.4, 0.5) is 11.5 Å². The van der Waals surface area contributed by atoms with Crippen molar-refractivity contribution in [3.63, 3.8) is 0 Å². The van der Waals surface area contributed by atoms with Crippen LogP contribution >= 0.6 is 0 Å². The predicted molar refractivity (Wildman–Crippen MR) is 139 cm³/mol. The molecule has 9 nitrogen and oxygen atoms in total. The number of nitrogen functional groups attached to an aromatic ring is 2. The fraction of sp³-hybridized carbons (Fsp3) is 0.375. The molecule has 0 aliphatic heterocycles. The molecular weight excluding hydrogens is 681 g/mol. The minimum absolute atomic E-state index is 0. The molecule has 0 saturated carbocycles. The summed E-state index contributed by atoms with van der Waals surface area (Å²) in [7, 11) is 0. The molecule has 3 rings (SSSR count). The van der Waals surface area contributed by atoms with Gasteiger partial charge in [-0.15, -0.1) is 40.5 Å². The Bertz CT molecular complexity index is 1050. The van der Waals surface area contributed by atoms with Crippen molar-refractivity contribution in [1.29, 1.82) is 0 Å². The molecular formula is C24H33N9Y3-6. The van der Waals surface area contributed by atoms with Crippen molar-refractivity contribution >= 4 is 29.1 Å². The first-order valence-corrected chi connectivity index (χ1v) is 10.3. The topological polar surface area (TPSA) is 160 Å². The molecule has 0 atom stereocenters. The van der Waals surface area contributed by atoms with Crippen molar-refractivity contribution in [2.24, 2.45) is 5.73 Å². The van der Waals surface area contributed by atoms with E-state index >= 15 is 0 Å². The quantitative estimate of drug-likeness (QED) is 0.185. The van der Waals surface area contributed by atoms with Crippen LogP contribution in [0.1, 0.15) is 53.1 Å². The molecule has 0 fully saturated rings. The Kier molecular flexibility index (Phi) is 19.2. The van der Waals surface area contributed by atoms with Gasteiger partial charge in [0, 0.05) is 98.1 Å². The monoisotopic (exact) mass is 714 g/mol. The Morgan fingerprint density at radius 3 is 1.17 bits per heavy atom. The fourth-order valence-electron chi connectivity index (χ4n) is 2.90. The van der Waals surface area contributed by atoms with Crippen molar-refractivity contribution in [2.75, 3.05) is 11.5 Å². The zero-order valence-corrected chi connectivity index (χ0v) is 31.2. The summed E-state index contributed by atoms with van der Waals surface area (Å²) in [4.78, 5) is 0. The zero-order valence-electron chi connectivity index (χ0n) is 22.6. The van der Waals surface area contributed by atoms with E-state index in [2.05, 4.69) is 18.6 Å². The van der Waals surface area contributed by atoms with E-state index in [1.807, 2.05) is 48.5 Å². The molecule has 36 heavy (non-hydrogen) atoms. The van der Waals surface area contributed by atoms with E-state index in [-0.39, 0.29) is 116 Å². The van der Waals surface area contributed by atoms with E-state index in [9.17, 15) is 0 Å². The molecule has 6 N–H and O–H groups in total. The van der Waals surface area contributed by atoms with Crippen molar-refractivity contribution in [3.05, 3.63) is 74.0 Å². The molecule has 0 saturated heterocycles. The number of nitrogens with two attached hydrogens (primary N) is 3. The Morgan fingerprint density at radius 1 is 0.611 bits per heavy atom. The van der Waals surface area contributed by atoms with Gasteiger partial charge in [-0.05, 0) is 0 Å². The first-order chi connectivity index (χ1) is 15.1. The molecule has 3 radical (unpaired) electrons. The number of rotatable bonds is 0. The standard InChI is InChI=1S/3C8H11N3.3Y/c1-5-6(2)11(7(3)9)4-8(5)10;1-5-4-11(7(3)9)8(10)6(5)2;1-5-4-11(8(9)10)7(3)6(5)2;;;/h2*10H2,1-3H3;1-3H3,(H2-,9,10);;;/q3*-2;;;. The summed E-state index contributed by atoms with van der Waals surface area (Å²) in [6, 6.07) is 0. The molecule has 3 aromatic rings. The molecule has 0 aromatic carbocycles. The Labute approximate surface area is 290 Å². The third-order valence-corrected chi connectivity index (χ3v) is 5.58. The van der Waals surface area contributed by atoms with Gasteiger partial charge in [0.25, 0.3) is 0 Å². The third-order valence-electron chi connectivity index (χ3n) is 5.58. The van der Waals surface area contributed by atoms with Crippen molar-refractivity contribution in [1.82, 2.24) is 13.7 Å². The summed E-state index contributed by atoms with van der Waals surface area (Å²) < 4.78 is 4.44. The van der Waals surface area contributed by atoms with Gasteiger partial charge < -0.3 is 47.1 Å². The summed E-state index contributed by atoms with van der Waals surface area (Å²) in [6.45, 7) is 16.6. The summed E-state index contributed by atoms with van der Waals surface area (Å²) >= 11 is 0. The second kappa shape index (κ2) is 17.2. The van der Waals surface area contributed by atoms with Crippen LogP contribution in [-0.2, 0) is 98.1 Å². The van der Waals surface area contributed by atoms with Crippen LogP contribution in [0.15, 0.2) is 0 Å². The maximum Gasteiger partial charge on any atom is 0 e. The molecule has 0 unspecified atom stereocenters. The van der Waals surface area contributed by atoms with Gasteiger partial charge in [-0.2, -0.15) is 34.8 Å². The van der Waals surface area contributed by atoms with Crippen LogP contribution in [0.5, 0.6) is 0 Å².